The van der Waals surface area contributed by atoms with Crippen molar-refractivity contribution in [3.8, 4) is 0 Å². The van der Waals surface area contributed by atoms with Crippen molar-refractivity contribution < 1.29 is 9.22 Å². The van der Waals surface area contributed by atoms with Crippen LogP contribution in [0.15, 0.2) is 60.7 Å². The van der Waals surface area contributed by atoms with Gasteiger partial charge in [0.1, 0.15) is 5.78 Å². The molecule has 2 aromatic rings. The number of rotatable bonds is 5. The zero-order valence-corrected chi connectivity index (χ0v) is 21.9. The molecule has 2 aromatic carbocycles. The van der Waals surface area contributed by atoms with Gasteiger partial charge in [0.2, 0.25) is 0 Å². The van der Waals surface area contributed by atoms with Crippen LogP contribution in [0.25, 0.3) is 0 Å². The third-order valence-corrected chi connectivity index (χ3v) is 12.4. The van der Waals surface area contributed by atoms with E-state index in [1.165, 1.54) is 16.8 Å². The minimum atomic E-state index is -2.59. The van der Waals surface area contributed by atoms with E-state index in [2.05, 4.69) is 111 Å². The summed E-state index contributed by atoms with van der Waals surface area (Å²) in [7, 11) is -2.59. The molecule has 0 spiro atoms. The number of ketones is 1. The molecule has 1 fully saturated rings. The van der Waals surface area contributed by atoms with E-state index in [4.69, 9.17) is 4.43 Å². The van der Waals surface area contributed by atoms with Gasteiger partial charge in [-0.3, -0.25) is 4.79 Å². The largest absolute Gasteiger partial charge is 0.407 e. The van der Waals surface area contributed by atoms with Crippen LogP contribution in [0.1, 0.15) is 59.8 Å². The number of hydrogen-bond acceptors (Lipinski definition) is 2. The molecule has 0 amide bonds. The maximum absolute atomic E-state index is 13.0. The van der Waals surface area contributed by atoms with Crippen molar-refractivity contribution in [3.05, 3.63) is 60.7 Å². The second-order valence-electron chi connectivity index (χ2n) is 9.96. The topological polar surface area (TPSA) is 26.3 Å². The summed E-state index contributed by atoms with van der Waals surface area (Å²) in [6.07, 6.45) is 4.93. The minimum absolute atomic E-state index is 0.0196. The van der Waals surface area contributed by atoms with Crippen LogP contribution in [0.2, 0.25) is 5.04 Å². The Bertz CT molecular complexity index is 788. The molecular weight excluding hydrogens is 499 g/mol. The molecule has 1 aliphatic rings. The number of Topliss-reactive ketones (excluding diaryl/α,β-unsaturated/α-hetero) is 1. The van der Waals surface area contributed by atoms with Crippen LogP contribution in [0, 0.1) is 5.92 Å². The van der Waals surface area contributed by atoms with Crippen molar-refractivity contribution >= 4 is 47.1 Å². The van der Waals surface area contributed by atoms with Crippen LogP contribution >= 0.6 is 22.6 Å². The van der Waals surface area contributed by atoms with Crippen molar-refractivity contribution in [2.75, 3.05) is 6.61 Å². The monoisotopic (exact) mass is 534 g/mol. The highest BCUT2D eigenvalue weighted by molar-refractivity contribution is 14.1. The molecule has 0 radical (unpaired) electrons. The average Bonchev–Trinajstić information content (AvgIpc) is 2.70. The fraction of sp³-hybridized carbons (Fsp3) is 0.500. The summed E-state index contributed by atoms with van der Waals surface area (Å²) >= 11 is 2.56. The number of benzene rings is 2. The number of carbonyl (C=O) groups excluding carboxylic acids is 1. The maximum atomic E-state index is 13.0. The van der Waals surface area contributed by atoms with Gasteiger partial charge in [0.15, 0.2) is 0 Å². The average molecular weight is 535 g/mol. The van der Waals surface area contributed by atoms with Gasteiger partial charge in [-0.25, -0.2) is 0 Å². The molecular formula is C26H35IO2Si. The molecule has 162 valence electrons. The summed E-state index contributed by atoms with van der Waals surface area (Å²) in [5.41, 5.74) is 0. The Morgan fingerprint density at radius 2 is 1.53 bits per heavy atom. The maximum Gasteiger partial charge on any atom is 0.261 e. The van der Waals surface area contributed by atoms with Crippen LogP contribution in [-0.2, 0) is 9.22 Å². The molecule has 2 nitrogen and oxygen atoms in total. The van der Waals surface area contributed by atoms with E-state index in [-0.39, 0.29) is 14.4 Å². The number of hydrogen-bond donors (Lipinski definition) is 0. The fourth-order valence-corrected chi connectivity index (χ4v) is 10.4. The molecule has 30 heavy (non-hydrogen) atoms. The molecule has 0 heterocycles. The van der Waals surface area contributed by atoms with Crippen molar-refractivity contribution in [1.29, 1.82) is 0 Å². The van der Waals surface area contributed by atoms with Crippen LogP contribution in [-0.4, -0.2) is 24.1 Å². The van der Waals surface area contributed by atoms with E-state index in [0.29, 0.717) is 18.8 Å². The summed E-state index contributed by atoms with van der Waals surface area (Å²) < 4.78 is 7.24. The summed E-state index contributed by atoms with van der Waals surface area (Å²) in [6, 6.07) is 21.4. The standard InChI is InChI=1S/C26H35IO2Si/c1-25(2,3)30(22-13-7-5-8-14-22,23-15-9-6-10-16-23)29-20-21-19-26(4,27)18-12-11-17-24(21)28/h5-10,13-16,21H,11-12,17-20H2,1-4H3. The van der Waals surface area contributed by atoms with Gasteiger partial charge in [0.05, 0.1) is 0 Å². The molecule has 1 saturated carbocycles. The first-order valence-corrected chi connectivity index (χ1v) is 14.1. The molecule has 2 atom stereocenters. The first kappa shape index (κ1) is 23.7. The molecule has 0 aliphatic heterocycles. The van der Waals surface area contributed by atoms with Gasteiger partial charge >= 0.3 is 0 Å². The predicted octanol–water partition coefficient (Wildman–Crippen LogP) is 5.91. The molecule has 0 saturated heterocycles. The molecule has 3 rings (SSSR count). The lowest BCUT2D eigenvalue weighted by Gasteiger charge is -2.44. The molecule has 1 aliphatic carbocycles. The SMILES string of the molecule is CC1(I)CCCCC(=O)C(CO[Si](c2ccccc2)(c2ccccc2)C(C)(C)C)C1. The van der Waals surface area contributed by atoms with E-state index in [1.54, 1.807) is 0 Å². The Hall–Kier alpha value is -0.983. The predicted molar refractivity (Wildman–Crippen MR) is 138 cm³/mol. The summed E-state index contributed by atoms with van der Waals surface area (Å²) in [6.45, 7) is 9.69. The summed E-state index contributed by atoms with van der Waals surface area (Å²) in [5.74, 6) is 0.365. The van der Waals surface area contributed by atoms with Crippen molar-refractivity contribution in [2.45, 2.75) is 68.3 Å². The highest BCUT2D eigenvalue weighted by Gasteiger charge is 2.50. The Morgan fingerprint density at radius 1 is 1.00 bits per heavy atom. The van der Waals surface area contributed by atoms with Gasteiger partial charge < -0.3 is 4.43 Å². The second kappa shape index (κ2) is 9.66. The smallest absolute Gasteiger partial charge is 0.261 e. The fourth-order valence-electron chi connectivity index (χ4n) is 4.87. The highest BCUT2D eigenvalue weighted by Crippen LogP contribution is 2.39. The summed E-state index contributed by atoms with van der Waals surface area (Å²) in [5, 5.41) is 2.49. The van der Waals surface area contributed by atoms with Crippen molar-refractivity contribution in [1.82, 2.24) is 0 Å². The van der Waals surface area contributed by atoms with Gasteiger partial charge in [0.25, 0.3) is 8.32 Å². The van der Waals surface area contributed by atoms with Gasteiger partial charge in [0, 0.05) is 22.4 Å². The van der Waals surface area contributed by atoms with E-state index < -0.39 is 8.32 Å². The first-order chi connectivity index (χ1) is 14.2. The third kappa shape index (κ3) is 5.25. The van der Waals surface area contributed by atoms with Gasteiger partial charge in [-0.2, -0.15) is 0 Å². The molecule has 0 aromatic heterocycles. The normalized spacial score (nSPS) is 23.6. The summed E-state index contributed by atoms with van der Waals surface area (Å²) in [4.78, 5) is 13.0. The molecule has 0 N–H and O–H groups in total. The Kier molecular flexibility index (Phi) is 7.62. The van der Waals surface area contributed by atoms with E-state index in [0.717, 1.165) is 19.3 Å². The Morgan fingerprint density at radius 3 is 2.03 bits per heavy atom. The lowest BCUT2D eigenvalue weighted by molar-refractivity contribution is -0.124. The van der Waals surface area contributed by atoms with E-state index >= 15 is 0 Å². The number of carbonyl (C=O) groups is 1. The van der Waals surface area contributed by atoms with Crippen LogP contribution < -0.4 is 10.4 Å². The van der Waals surface area contributed by atoms with E-state index in [9.17, 15) is 4.79 Å². The Balaban J connectivity index is 2.02. The lowest BCUT2D eigenvalue weighted by Crippen LogP contribution is -2.67. The second-order valence-corrected chi connectivity index (χ2v) is 16.9. The Labute approximate surface area is 197 Å². The van der Waals surface area contributed by atoms with Gasteiger partial charge in [-0.1, -0.05) is 117 Å². The zero-order chi connectivity index (χ0) is 21.8. The molecule has 0 bridgehead atoms. The van der Waals surface area contributed by atoms with E-state index in [1.807, 2.05) is 0 Å². The van der Waals surface area contributed by atoms with Crippen molar-refractivity contribution in [3.63, 3.8) is 0 Å². The molecule has 4 heteroatoms. The number of alkyl halides is 1. The number of halogens is 1. The molecule has 2 unspecified atom stereocenters. The highest BCUT2D eigenvalue weighted by atomic mass is 127. The quantitative estimate of drug-likeness (QED) is 0.271. The van der Waals surface area contributed by atoms with Gasteiger partial charge in [-0.15, -0.1) is 0 Å². The van der Waals surface area contributed by atoms with Crippen molar-refractivity contribution in [2.24, 2.45) is 5.92 Å². The van der Waals surface area contributed by atoms with Crippen LogP contribution in [0.4, 0.5) is 0 Å². The van der Waals surface area contributed by atoms with Gasteiger partial charge in [-0.05, 0) is 34.7 Å². The zero-order valence-electron chi connectivity index (χ0n) is 18.8. The van der Waals surface area contributed by atoms with Crippen LogP contribution in [0.3, 0.4) is 0 Å². The van der Waals surface area contributed by atoms with Crippen LogP contribution in [0.5, 0.6) is 0 Å². The third-order valence-electron chi connectivity index (χ3n) is 6.42. The lowest BCUT2D eigenvalue weighted by atomic mass is 9.85. The first-order valence-electron chi connectivity index (χ1n) is 11.1. The minimum Gasteiger partial charge on any atom is -0.407 e.